The number of esters is 1. The topological polar surface area (TPSA) is 55.8 Å². The lowest BCUT2D eigenvalue weighted by molar-refractivity contribution is -0.154. The Morgan fingerprint density at radius 1 is 1.40 bits per heavy atom. The van der Waals surface area contributed by atoms with Crippen LogP contribution in [0.1, 0.15) is 31.9 Å². The molecule has 3 heterocycles. The molecular weight excluding hydrogens is 318 g/mol. The minimum absolute atomic E-state index is 0.0124. The molecule has 1 spiro atoms. The van der Waals surface area contributed by atoms with Crippen molar-refractivity contribution in [2.24, 2.45) is 11.8 Å². The normalized spacial score (nSPS) is 33.6. The zero-order chi connectivity index (χ0) is 17.6. The summed E-state index contributed by atoms with van der Waals surface area (Å²) in [5.74, 6) is -1.33. The van der Waals surface area contributed by atoms with Gasteiger partial charge in [-0.15, -0.1) is 0 Å². The smallest absolute Gasteiger partial charge is 0.312 e. The van der Waals surface area contributed by atoms with Crippen LogP contribution in [0, 0.1) is 11.8 Å². The molecular formula is C20H23NO4. The predicted molar refractivity (Wildman–Crippen MR) is 91.5 cm³/mol. The van der Waals surface area contributed by atoms with E-state index >= 15 is 0 Å². The molecule has 3 aliphatic rings. The first-order valence-electron chi connectivity index (χ1n) is 8.96. The van der Waals surface area contributed by atoms with Gasteiger partial charge in [-0.2, -0.15) is 0 Å². The van der Waals surface area contributed by atoms with E-state index in [1.165, 1.54) is 0 Å². The van der Waals surface area contributed by atoms with Gasteiger partial charge in [-0.25, -0.2) is 0 Å². The second-order valence-electron chi connectivity index (χ2n) is 7.12. The second-order valence-corrected chi connectivity index (χ2v) is 7.12. The highest BCUT2D eigenvalue weighted by molar-refractivity contribution is 5.91. The van der Waals surface area contributed by atoms with Crippen LogP contribution < -0.4 is 0 Å². The van der Waals surface area contributed by atoms with Crippen LogP contribution in [0.2, 0.25) is 0 Å². The van der Waals surface area contributed by atoms with Gasteiger partial charge in [-0.05, 0) is 18.9 Å². The molecule has 0 radical (unpaired) electrons. The molecule has 5 nitrogen and oxygen atoms in total. The number of ether oxygens (including phenoxy) is 2. The van der Waals surface area contributed by atoms with Crippen molar-refractivity contribution in [3.63, 3.8) is 0 Å². The Labute approximate surface area is 147 Å². The van der Waals surface area contributed by atoms with Crippen LogP contribution in [0.15, 0.2) is 42.5 Å². The van der Waals surface area contributed by atoms with Crippen LogP contribution in [0.5, 0.6) is 0 Å². The number of carbonyl (C=O) groups excluding carboxylic acids is 2. The molecule has 0 unspecified atom stereocenters. The maximum Gasteiger partial charge on any atom is 0.312 e. The van der Waals surface area contributed by atoms with E-state index in [1.54, 1.807) is 0 Å². The fourth-order valence-electron chi connectivity index (χ4n) is 4.34. The number of rotatable bonds is 5. The monoisotopic (exact) mass is 341 g/mol. The van der Waals surface area contributed by atoms with E-state index in [9.17, 15) is 9.59 Å². The summed E-state index contributed by atoms with van der Waals surface area (Å²) in [5.41, 5.74) is 0.400. The summed E-state index contributed by atoms with van der Waals surface area (Å²) in [7, 11) is 0. The third-order valence-electron chi connectivity index (χ3n) is 5.60. The molecule has 3 aliphatic heterocycles. The molecule has 0 saturated carbocycles. The SMILES string of the molecule is CCCOC(=O)[C@H]1[C@H]2C(=O)N([C@@H](C)c3ccccc3)C[C@]23C=C[C@H]1O3. The van der Waals surface area contributed by atoms with Crippen LogP contribution in [0.25, 0.3) is 0 Å². The highest BCUT2D eigenvalue weighted by atomic mass is 16.6. The van der Waals surface area contributed by atoms with Crippen molar-refractivity contribution < 1.29 is 19.1 Å². The van der Waals surface area contributed by atoms with Gasteiger partial charge in [0, 0.05) is 0 Å². The van der Waals surface area contributed by atoms with Gasteiger partial charge in [-0.1, -0.05) is 49.4 Å². The standard InChI is InChI=1S/C20H23NO4/c1-3-11-24-19(23)16-15-9-10-20(25-15)12-21(18(22)17(16)20)13(2)14-7-5-4-6-8-14/h4-10,13,15-17H,3,11-12H2,1-2H3/t13-,15+,16+,17-,20+/m0/s1. The number of benzene rings is 1. The van der Waals surface area contributed by atoms with Crippen molar-refractivity contribution in [1.82, 2.24) is 4.90 Å². The van der Waals surface area contributed by atoms with E-state index in [4.69, 9.17) is 9.47 Å². The summed E-state index contributed by atoms with van der Waals surface area (Å²) >= 11 is 0. The number of carbonyl (C=O) groups is 2. The molecule has 0 aliphatic carbocycles. The second kappa shape index (κ2) is 5.99. The first-order valence-corrected chi connectivity index (χ1v) is 8.96. The third kappa shape index (κ3) is 2.41. The van der Waals surface area contributed by atoms with Crippen molar-refractivity contribution in [2.75, 3.05) is 13.2 Å². The number of hydrogen-bond donors (Lipinski definition) is 0. The highest BCUT2D eigenvalue weighted by Crippen LogP contribution is 2.53. The molecule has 5 atom stereocenters. The molecule has 132 valence electrons. The predicted octanol–water partition coefficient (Wildman–Crippen LogP) is 2.48. The van der Waals surface area contributed by atoms with Gasteiger partial charge < -0.3 is 14.4 Å². The van der Waals surface area contributed by atoms with E-state index in [1.807, 2.05) is 61.2 Å². The van der Waals surface area contributed by atoms with Gasteiger partial charge in [-0.3, -0.25) is 9.59 Å². The zero-order valence-corrected chi connectivity index (χ0v) is 14.6. The van der Waals surface area contributed by atoms with Crippen molar-refractivity contribution in [1.29, 1.82) is 0 Å². The molecule has 2 fully saturated rings. The van der Waals surface area contributed by atoms with E-state index in [2.05, 4.69) is 0 Å². The summed E-state index contributed by atoms with van der Waals surface area (Å²) in [5, 5.41) is 0. The van der Waals surface area contributed by atoms with Gasteiger partial charge >= 0.3 is 5.97 Å². The van der Waals surface area contributed by atoms with Gasteiger partial charge in [0.1, 0.15) is 11.5 Å². The summed E-state index contributed by atoms with van der Waals surface area (Å²) in [4.78, 5) is 27.5. The first kappa shape index (κ1) is 16.3. The van der Waals surface area contributed by atoms with Gasteiger partial charge in [0.15, 0.2) is 0 Å². The number of hydrogen-bond acceptors (Lipinski definition) is 4. The summed E-state index contributed by atoms with van der Waals surface area (Å²) in [6, 6.07) is 9.88. The molecule has 2 saturated heterocycles. The van der Waals surface area contributed by atoms with Crippen molar-refractivity contribution in [3.8, 4) is 0 Å². The lowest BCUT2D eigenvalue weighted by Crippen LogP contribution is -2.40. The van der Waals surface area contributed by atoms with Crippen molar-refractivity contribution >= 4 is 11.9 Å². The highest BCUT2D eigenvalue weighted by Gasteiger charge is 2.67. The maximum atomic E-state index is 13.2. The Balaban J connectivity index is 1.60. The van der Waals surface area contributed by atoms with E-state index in [0.29, 0.717) is 13.2 Å². The van der Waals surface area contributed by atoms with Crippen molar-refractivity contribution in [3.05, 3.63) is 48.0 Å². The number of fused-ring (bicyclic) bond motifs is 1. The molecule has 0 N–H and O–H groups in total. The molecule has 4 rings (SSSR count). The van der Waals surface area contributed by atoms with Crippen LogP contribution in [0.3, 0.4) is 0 Å². The Bertz CT molecular complexity index is 716. The first-order chi connectivity index (χ1) is 12.1. The number of likely N-dealkylation sites (tertiary alicyclic amines) is 1. The Hall–Kier alpha value is -2.14. The van der Waals surface area contributed by atoms with E-state index in [0.717, 1.165) is 12.0 Å². The number of nitrogens with zero attached hydrogens (tertiary/aromatic N) is 1. The minimum Gasteiger partial charge on any atom is -0.465 e. The lowest BCUT2D eigenvalue weighted by Gasteiger charge is -2.27. The van der Waals surface area contributed by atoms with Gasteiger partial charge in [0.2, 0.25) is 5.91 Å². The average Bonchev–Trinajstić information content (AvgIpc) is 3.28. The van der Waals surface area contributed by atoms with Gasteiger partial charge in [0.25, 0.3) is 0 Å². The van der Waals surface area contributed by atoms with Crippen LogP contribution in [-0.2, 0) is 19.1 Å². The molecule has 1 aromatic rings. The van der Waals surface area contributed by atoms with E-state index in [-0.39, 0.29) is 24.0 Å². The largest absolute Gasteiger partial charge is 0.465 e. The molecule has 1 aromatic carbocycles. The summed E-state index contributed by atoms with van der Waals surface area (Å²) in [6.45, 7) is 4.84. The quantitative estimate of drug-likeness (QED) is 0.610. The van der Waals surface area contributed by atoms with Crippen LogP contribution in [0.4, 0.5) is 0 Å². The summed E-state index contributed by atoms with van der Waals surface area (Å²) in [6.07, 6.45) is 4.31. The molecule has 1 amide bonds. The third-order valence-corrected chi connectivity index (χ3v) is 5.60. The van der Waals surface area contributed by atoms with Crippen LogP contribution >= 0.6 is 0 Å². The maximum absolute atomic E-state index is 13.2. The average molecular weight is 341 g/mol. The van der Waals surface area contributed by atoms with E-state index < -0.39 is 17.4 Å². The molecule has 5 heteroatoms. The molecule has 0 aromatic heterocycles. The Kier molecular flexibility index (Phi) is 3.91. The lowest BCUT2D eigenvalue weighted by atomic mass is 9.77. The molecule has 25 heavy (non-hydrogen) atoms. The fraction of sp³-hybridized carbons (Fsp3) is 0.500. The Morgan fingerprint density at radius 3 is 2.88 bits per heavy atom. The van der Waals surface area contributed by atoms with Crippen molar-refractivity contribution in [2.45, 2.75) is 38.0 Å². The fourth-order valence-corrected chi connectivity index (χ4v) is 4.34. The minimum atomic E-state index is -0.680. The van der Waals surface area contributed by atoms with Gasteiger partial charge in [0.05, 0.1) is 31.2 Å². The number of amides is 1. The zero-order valence-electron chi connectivity index (χ0n) is 14.6. The van der Waals surface area contributed by atoms with Crippen LogP contribution in [-0.4, -0.2) is 41.6 Å². The Morgan fingerprint density at radius 2 is 2.16 bits per heavy atom. The molecule has 2 bridgehead atoms. The summed E-state index contributed by atoms with van der Waals surface area (Å²) < 4.78 is 11.4.